The average molecular weight is 780 g/mol. The molecular formula is C44H38N5O7P. The highest BCUT2D eigenvalue weighted by Gasteiger charge is 2.20. The fourth-order valence-corrected chi connectivity index (χ4v) is 6.61. The first-order valence-corrected chi connectivity index (χ1v) is 19.5. The van der Waals surface area contributed by atoms with Crippen molar-refractivity contribution in [2.45, 2.75) is 0 Å². The molecule has 8 aromatic rings. The van der Waals surface area contributed by atoms with Crippen molar-refractivity contribution in [2.75, 3.05) is 26.6 Å². The number of hydrogen-bond donors (Lipinski definition) is 2. The van der Waals surface area contributed by atoms with Crippen LogP contribution in [0.2, 0.25) is 0 Å². The molecule has 4 heterocycles. The van der Waals surface area contributed by atoms with Crippen LogP contribution in [0, 0.1) is 0 Å². The number of ether oxygens (including phenoxy) is 2. The molecule has 0 aliphatic heterocycles. The third kappa shape index (κ3) is 10.5. The number of rotatable bonds is 9. The van der Waals surface area contributed by atoms with Crippen molar-refractivity contribution < 1.29 is 33.0 Å². The molecule has 286 valence electrons. The average Bonchev–Trinajstić information content (AvgIpc) is 3.24. The van der Waals surface area contributed by atoms with Gasteiger partial charge >= 0.3 is 13.6 Å². The molecule has 13 heteroatoms. The number of carboxylic acid groups (broad SMARTS) is 1. The van der Waals surface area contributed by atoms with E-state index in [0.717, 1.165) is 33.5 Å². The van der Waals surface area contributed by atoms with Crippen molar-refractivity contribution in [3.8, 4) is 45.5 Å². The number of fused-ring (bicyclic) bond motifs is 2. The number of nitrogens with two attached hydrogens (primary N) is 1. The van der Waals surface area contributed by atoms with Crippen molar-refractivity contribution in [1.29, 1.82) is 0 Å². The van der Waals surface area contributed by atoms with Gasteiger partial charge in [-0.1, -0.05) is 60.7 Å². The molecule has 0 aliphatic rings. The number of anilines is 1. The lowest BCUT2D eigenvalue weighted by molar-refractivity contribution is 0.0699. The lowest BCUT2D eigenvalue weighted by Crippen LogP contribution is -2.00. The third-order valence-electron chi connectivity index (χ3n) is 8.24. The second-order valence-electron chi connectivity index (χ2n) is 12.3. The van der Waals surface area contributed by atoms with Gasteiger partial charge in [-0.05, 0) is 72.8 Å². The standard InChI is InChI=1S/C16H12N2O3.C15H13N3O.C13H13O3P/c1-21-11-4-2-3-10(7-11)15-8-12(16(19)20)13-9-17-6-5-14(13)18-15;1-19-11-4-2-3-10(7-11)15-8-13(16)12-9-17-6-5-14(12)18-15;1-17(14,15-12-8-4-2-5-9-12)16-13-10-6-3-7-11-13/h2-9H,1H3,(H,19,20);2-9H,1H3,(H2,16,18);2-11H,1H3. The van der Waals surface area contributed by atoms with Gasteiger partial charge in [0, 0.05) is 52.4 Å². The first-order valence-electron chi connectivity index (χ1n) is 17.5. The monoisotopic (exact) mass is 779 g/mol. The molecule has 8 rings (SSSR count). The normalized spacial score (nSPS) is 10.6. The SMILES string of the molecule is COc1cccc(-c2cc(C(=O)O)c3cnccc3n2)c1.COc1cccc(-c2cc(N)c3cnccc3n2)c1.CP(=O)(Oc1ccccc1)Oc1ccccc1. The van der Waals surface area contributed by atoms with Crippen LogP contribution < -0.4 is 24.3 Å². The summed E-state index contributed by atoms with van der Waals surface area (Å²) in [6, 6.07) is 40.0. The molecule has 0 saturated carbocycles. The Morgan fingerprint density at radius 3 is 1.54 bits per heavy atom. The Balaban J connectivity index is 0.000000145. The number of carbonyl (C=O) groups is 1. The Labute approximate surface area is 329 Å². The third-order valence-corrected chi connectivity index (χ3v) is 9.33. The van der Waals surface area contributed by atoms with E-state index in [4.69, 9.17) is 24.3 Å². The van der Waals surface area contributed by atoms with Gasteiger partial charge in [0.15, 0.2) is 0 Å². The Kier molecular flexibility index (Phi) is 12.7. The zero-order valence-electron chi connectivity index (χ0n) is 31.2. The molecule has 0 atom stereocenters. The lowest BCUT2D eigenvalue weighted by atomic mass is 10.1. The number of pyridine rings is 4. The van der Waals surface area contributed by atoms with Crippen LogP contribution in [0.15, 0.2) is 158 Å². The van der Waals surface area contributed by atoms with E-state index in [9.17, 15) is 14.5 Å². The van der Waals surface area contributed by atoms with Gasteiger partial charge in [-0.25, -0.2) is 19.3 Å². The minimum Gasteiger partial charge on any atom is -0.497 e. The molecule has 0 radical (unpaired) electrons. The van der Waals surface area contributed by atoms with Crippen molar-refractivity contribution >= 4 is 41.1 Å². The van der Waals surface area contributed by atoms with Crippen LogP contribution >= 0.6 is 7.60 Å². The highest BCUT2D eigenvalue weighted by Crippen LogP contribution is 2.44. The van der Waals surface area contributed by atoms with E-state index in [-0.39, 0.29) is 5.56 Å². The number of methoxy groups -OCH3 is 2. The van der Waals surface area contributed by atoms with E-state index in [1.54, 1.807) is 69.2 Å². The quantitative estimate of drug-likeness (QED) is 0.133. The van der Waals surface area contributed by atoms with Gasteiger partial charge in [-0.15, -0.1) is 0 Å². The molecule has 0 aliphatic carbocycles. The van der Waals surface area contributed by atoms with Crippen molar-refractivity contribution in [3.05, 3.63) is 164 Å². The molecule has 0 saturated heterocycles. The van der Waals surface area contributed by atoms with Gasteiger partial charge < -0.3 is 29.4 Å². The van der Waals surface area contributed by atoms with E-state index >= 15 is 0 Å². The van der Waals surface area contributed by atoms with Crippen LogP contribution in [0.5, 0.6) is 23.0 Å². The smallest absolute Gasteiger partial charge is 0.427 e. The Bertz CT molecular complexity index is 2620. The van der Waals surface area contributed by atoms with E-state index in [2.05, 4.69) is 19.9 Å². The number of para-hydroxylation sites is 2. The maximum Gasteiger partial charge on any atom is 0.427 e. The predicted molar refractivity (Wildman–Crippen MR) is 222 cm³/mol. The first-order chi connectivity index (χ1) is 27.6. The molecular weight excluding hydrogens is 741 g/mol. The van der Waals surface area contributed by atoms with Crippen molar-refractivity contribution in [1.82, 2.24) is 19.9 Å². The molecule has 57 heavy (non-hydrogen) atoms. The number of aromatic carboxylic acids is 1. The zero-order chi connectivity index (χ0) is 40.2. The molecule has 0 bridgehead atoms. The van der Waals surface area contributed by atoms with Gasteiger partial charge in [-0.2, -0.15) is 0 Å². The van der Waals surface area contributed by atoms with Crippen LogP contribution in [0.1, 0.15) is 10.4 Å². The van der Waals surface area contributed by atoms with E-state index in [1.807, 2.05) is 97.1 Å². The first kappa shape index (κ1) is 39.4. The minimum absolute atomic E-state index is 0.186. The summed E-state index contributed by atoms with van der Waals surface area (Å²) in [5.41, 5.74) is 11.6. The second kappa shape index (κ2) is 18.4. The Morgan fingerprint density at radius 1 is 0.596 bits per heavy atom. The predicted octanol–water partition coefficient (Wildman–Crippen LogP) is 9.86. The van der Waals surface area contributed by atoms with E-state index < -0.39 is 13.6 Å². The van der Waals surface area contributed by atoms with E-state index in [0.29, 0.717) is 39.5 Å². The highest BCUT2D eigenvalue weighted by molar-refractivity contribution is 7.53. The number of benzene rings is 4. The summed E-state index contributed by atoms with van der Waals surface area (Å²) in [6.45, 7) is 1.45. The van der Waals surface area contributed by atoms with Gasteiger partial charge in [-0.3, -0.25) is 9.97 Å². The molecule has 0 spiro atoms. The Morgan fingerprint density at radius 2 is 1.05 bits per heavy atom. The summed E-state index contributed by atoms with van der Waals surface area (Å²) >= 11 is 0. The summed E-state index contributed by atoms with van der Waals surface area (Å²) in [6.07, 6.45) is 6.55. The molecule has 0 unspecified atom stereocenters. The number of nitrogen functional groups attached to an aromatic ring is 1. The lowest BCUT2D eigenvalue weighted by Gasteiger charge is -2.15. The van der Waals surface area contributed by atoms with Gasteiger partial charge in [0.1, 0.15) is 23.0 Å². The second-order valence-corrected chi connectivity index (χ2v) is 14.2. The molecule has 0 amide bonds. The summed E-state index contributed by atoms with van der Waals surface area (Å²) in [5, 5.41) is 10.8. The highest BCUT2D eigenvalue weighted by atomic mass is 31.2. The summed E-state index contributed by atoms with van der Waals surface area (Å²) in [4.78, 5) is 28.6. The van der Waals surface area contributed by atoms with Crippen molar-refractivity contribution in [3.63, 3.8) is 0 Å². The number of hydrogen-bond acceptors (Lipinski definition) is 11. The van der Waals surface area contributed by atoms with Gasteiger partial charge in [0.25, 0.3) is 0 Å². The van der Waals surface area contributed by atoms with Crippen LogP contribution in [-0.4, -0.2) is 51.9 Å². The largest absolute Gasteiger partial charge is 0.497 e. The van der Waals surface area contributed by atoms with E-state index in [1.165, 1.54) is 12.9 Å². The van der Waals surface area contributed by atoms with Gasteiger partial charge in [0.2, 0.25) is 0 Å². The number of nitrogens with zero attached hydrogens (tertiary/aromatic N) is 4. The maximum atomic E-state index is 12.1. The summed E-state index contributed by atoms with van der Waals surface area (Å²) in [7, 11) is 0.0941. The number of carboxylic acids is 1. The maximum absolute atomic E-state index is 12.1. The van der Waals surface area contributed by atoms with Gasteiger partial charge in [0.05, 0.1) is 48.9 Å². The van der Waals surface area contributed by atoms with Crippen LogP contribution in [0.3, 0.4) is 0 Å². The van der Waals surface area contributed by atoms with Crippen LogP contribution in [0.4, 0.5) is 5.69 Å². The molecule has 12 nitrogen and oxygen atoms in total. The molecule has 0 fully saturated rings. The molecule has 4 aromatic carbocycles. The minimum atomic E-state index is -3.14. The summed E-state index contributed by atoms with van der Waals surface area (Å²) < 4.78 is 33.2. The van der Waals surface area contributed by atoms with Crippen LogP contribution in [-0.2, 0) is 4.57 Å². The van der Waals surface area contributed by atoms with Crippen molar-refractivity contribution in [2.24, 2.45) is 0 Å². The molecule has 3 N–H and O–H groups in total. The Hall–Kier alpha value is -7.30. The topological polar surface area (TPSA) is 169 Å². The zero-order valence-corrected chi connectivity index (χ0v) is 32.1. The fraction of sp³-hybridized carbons (Fsp3) is 0.0682. The fourth-order valence-electron chi connectivity index (χ4n) is 5.56. The number of aromatic nitrogens is 4. The molecule has 4 aromatic heterocycles. The summed E-state index contributed by atoms with van der Waals surface area (Å²) in [5.74, 6) is 1.57. The van der Waals surface area contributed by atoms with Crippen LogP contribution in [0.25, 0.3) is 44.3 Å².